The van der Waals surface area contributed by atoms with Crippen molar-refractivity contribution in [3.63, 3.8) is 0 Å². The molecule has 1 N–H and O–H groups in total. The lowest BCUT2D eigenvalue weighted by molar-refractivity contribution is 0.0358. The van der Waals surface area contributed by atoms with Gasteiger partial charge in [0, 0.05) is 69.0 Å². The molecule has 0 aliphatic carbocycles. The summed E-state index contributed by atoms with van der Waals surface area (Å²) < 4.78 is 16.2. The molecule has 3 rings (SSSR count). The Labute approximate surface area is 177 Å². The lowest BCUT2D eigenvalue weighted by atomic mass is 10.2. The smallest absolute Gasteiger partial charge is 0.173 e. The highest BCUT2D eigenvalue weighted by Gasteiger charge is 2.16. The fraction of sp³-hybridized carbons (Fsp3) is 0.429. The first kappa shape index (κ1) is 21.3. The maximum Gasteiger partial charge on any atom is 0.173 e. The molecule has 0 amide bonds. The number of nitrogens with zero attached hydrogens (tertiary/aromatic N) is 3. The number of ether oxygens (including phenoxy) is 3. The monoisotopic (exact) mass is 416 g/mol. The van der Waals surface area contributed by atoms with Crippen LogP contribution < -0.4 is 14.8 Å². The zero-order valence-electron chi connectivity index (χ0n) is 17.0. The van der Waals surface area contributed by atoms with E-state index in [2.05, 4.69) is 26.2 Å². The van der Waals surface area contributed by atoms with Crippen molar-refractivity contribution in [1.29, 1.82) is 0 Å². The summed E-state index contributed by atoms with van der Waals surface area (Å²) in [7, 11) is 3.27. The third-order valence-corrected chi connectivity index (χ3v) is 5.14. The van der Waals surface area contributed by atoms with E-state index in [1.807, 2.05) is 30.5 Å². The van der Waals surface area contributed by atoms with Gasteiger partial charge in [0.1, 0.15) is 11.5 Å². The van der Waals surface area contributed by atoms with Crippen LogP contribution in [-0.2, 0) is 11.3 Å². The zero-order valence-corrected chi connectivity index (χ0v) is 17.8. The minimum atomic E-state index is 0.650. The highest BCUT2D eigenvalue weighted by atomic mass is 32.1. The topological polar surface area (TPSA) is 59.1 Å². The fourth-order valence-corrected chi connectivity index (χ4v) is 3.41. The van der Waals surface area contributed by atoms with Gasteiger partial charge in [-0.25, -0.2) is 0 Å². The molecule has 0 atom stereocenters. The Morgan fingerprint density at radius 1 is 1.21 bits per heavy atom. The second-order valence-corrected chi connectivity index (χ2v) is 7.16. The van der Waals surface area contributed by atoms with Crippen molar-refractivity contribution in [2.75, 3.05) is 58.9 Å². The van der Waals surface area contributed by atoms with Crippen molar-refractivity contribution in [2.45, 2.75) is 6.54 Å². The third-order valence-electron chi connectivity index (χ3n) is 4.78. The second-order valence-electron chi connectivity index (χ2n) is 6.77. The summed E-state index contributed by atoms with van der Waals surface area (Å²) in [6.45, 7) is 5.89. The Bertz CT molecular complexity index is 763. The molecule has 7 nitrogen and oxygen atoms in total. The van der Waals surface area contributed by atoms with Crippen molar-refractivity contribution >= 4 is 23.0 Å². The van der Waals surface area contributed by atoms with Gasteiger partial charge in [-0.2, -0.15) is 0 Å². The van der Waals surface area contributed by atoms with Gasteiger partial charge >= 0.3 is 0 Å². The van der Waals surface area contributed by atoms with Crippen LogP contribution in [-0.4, -0.2) is 73.5 Å². The van der Waals surface area contributed by atoms with Crippen LogP contribution in [0.25, 0.3) is 0 Å². The summed E-state index contributed by atoms with van der Waals surface area (Å²) in [5.41, 5.74) is 1.94. The van der Waals surface area contributed by atoms with E-state index in [1.165, 1.54) is 0 Å². The average Bonchev–Trinajstić information content (AvgIpc) is 2.77. The van der Waals surface area contributed by atoms with Crippen molar-refractivity contribution in [1.82, 2.24) is 14.8 Å². The van der Waals surface area contributed by atoms with Gasteiger partial charge in [-0.05, 0) is 23.8 Å². The first-order valence-electron chi connectivity index (χ1n) is 9.66. The third kappa shape index (κ3) is 6.56. The summed E-state index contributed by atoms with van der Waals surface area (Å²) in [5.74, 6) is 1.42. The quantitative estimate of drug-likeness (QED) is 0.659. The number of thiocarbonyl (C=S) groups is 1. The molecular formula is C21H28N4O3S. The van der Waals surface area contributed by atoms with Crippen LogP contribution in [0.5, 0.6) is 11.5 Å². The van der Waals surface area contributed by atoms with Crippen LogP contribution in [0, 0.1) is 0 Å². The molecule has 8 heteroatoms. The molecule has 29 heavy (non-hydrogen) atoms. The number of nitrogens with one attached hydrogen (secondary N) is 1. The van der Waals surface area contributed by atoms with Crippen molar-refractivity contribution in [3.8, 4) is 11.5 Å². The van der Waals surface area contributed by atoms with E-state index >= 15 is 0 Å². The van der Waals surface area contributed by atoms with Gasteiger partial charge in [-0.15, -0.1) is 0 Å². The molecule has 1 aliphatic heterocycles. The molecule has 0 unspecified atom stereocenters. The van der Waals surface area contributed by atoms with Crippen LogP contribution >= 0.6 is 12.2 Å². The van der Waals surface area contributed by atoms with Gasteiger partial charge in [0.15, 0.2) is 5.11 Å². The Morgan fingerprint density at radius 2 is 1.93 bits per heavy atom. The normalized spacial score (nSPS) is 14.3. The molecule has 1 aliphatic rings. The maximum atomic E-state index is 5.75. The van der Waals surface area contributed by atoms with Crippen molar-refractivity contribution in [2.24, 2.45) is 0 Å². The number of rotatable bonds is 8. The molecule has 1 saturated heterocycles. The van der Waals surface area contributed by atoms with Gasteiger partial charge in [0.25, 0.3) is 0 Å². The number of methoxy groups -OCH3 is 2. The summed E-state index contributed by atoms with van der Waals surface area (Å²) in [6.07, 6.45) is 3.65. The summed E-state index contributed by atoms with van der Waals surface area (Å²) >= 11 is 5.75. The maximum absolute atomic E-state index is 5.75. The molecule has 0 bridgehead atoms. The Hall–Kier alpha value is -2.42. The lowest BCUT2D eigenvalue weighted by Crippen LogP contribution is -2.44. The number of morpholine rings is 1. The minimum Gasteiger partial charge on any atom is -0.497 e. The van der Waals surface area contributed by atoms with Crippen LogP contribution in [0.3, 0.4) is 0 Å². The largest absolute Gasteiger partial charge is 0.497 e. The average molecular weight is 417 g/mol. The predicted molar refractivity (Wildman–Crippen MR) is 118 cm³/mol. The Kier molecular flexibility index (Phi) is 8.03. The highest BCUT2D eigenvalue weighted by molar-refractivity contribution is 7.80. The van der Waals surface area contributed by atoms with Crippen LogP contribution in [0.15, 0.2) is 42.7 Å². The molecule has 1 fully saturated rings. The van der Waals surface area contributed by atoms with Gasteiger partial charge in [-0.1, -0.05) is 6.07 Å². The van der Waals surface area contributed by atoms with Gasteiger partial charge < -0.3 is 24.4 Å². The number of aromatic nitrogens is 1. The molecule has 1 aromatic heterocycles. The van der Waals surface area contributed by atoms with Crippen molar-refractivity contribution < 1.29 is 14.2 Å². The summed E-state index contributed by atoms with van der Waals surface area (Å²) in [5, 5.41) is 3.98. The molecule has 2 aromatic rings. The first-order valence-corrected chi connectivity index (χ1v) is 10.1. The number of anilines is 1. The highest BCUT2D eigenvalue weighted by Crippen LogP contribution is 2.26. The molecular weight excluding hydrogens is 388 g/mol. The van der Waals surface area contributed by atoms with Crippen LogP contribution in [0.2, 0.25) is 0 Å². The summed E-state index contributed by atoms with van der Waals surface area (Å²) in [4.78, 5) is 8.79. The Morgan fingerprint density at radius 3 is 2.55 bits per heavy atom. The SMILES string of the molecule is COc1cc(NC(=S)N(CCN2CCOCC2)Cc2cccnc2)cc(OC)c1. The number of hydrogen-bond acceptors (Lipinski definition) is 6. The standard InChI is InChI=1S/C21H28N4O3S/c1-26-19-12-18(13-20(14-19)27-2)23-21(29)25(16-17-4-3-5-22-15-17)7-6-24-8-10-28-11-9-24/h3-5,12-15H,6-11,16H2,1-2H3,(H,23,29). The minimum absolute atomic E-state index is 0.650. The van der Waals surface area contributed by atoms with E-state index in [9.17, 15) is 0 Å². The van der Waals surface area contributed by atoms with Crippen LogP contribution in [0.4, 0.5) is 5.69 Å². The van der Waals surface area contributed by atoms with Gasteiger partial charge in [0.2, 0.25) is 0 Å². The van der Waals surface area contributed by atoms with Crippen molar-refractivity contribution in [3.05, 3.63) is 48.3 Å². The molecule has 0 saturated carbocycles. The fourth-order valence-electron chi connectivity index (χ4n) is 3.13. The van der Waals surface area contributed by atoms with E-state index in [1.54, 1.807) is 20.4 Å². The molecule has 0 spiro atoms. The zero-order chi connectivity index (χ0) is 20.5. The number of pyridine rings is 1. The molecule has 2 heterocycles. The summed E-state index contributed by atoms with van der Waals surface area (Å²) in [6, 6.07) is 9.64. The van der Waals surface area contributed by atoms with E-state index < -0.39 is 0 Å². The van der Waals surface area contributed by atoms with E-state index in [-0.39, 0.29) is 0 Å². The first-order chi connectivity index (χ1) is 14.2. The van der Waals surface area contributed by atoms with Crippen LogP contribution in [0.1, 0.15) is 5.56 Å². The Balaban J connectivity index is 1.70. The van der Waals surface area contributed by atoms with E-state index in [0.717, 1.165) is 50.6 Å². The van der Waals surface area contributed by atoms with E-state index in [0.29, 0.717) is 23.2 Å². The number of hydrogen-bond donors (Lipinski definition) is 1. The van der Waals surface area contributed by atoms with E-state index in [4.69, 9.17) is 26.4 Å². The lowest BCUT2D eigenvalue weighted by Gasteiger charge is -2.31. The molecule has 1 aromatic carbocycles. The van der Waals surface area contributed by atoms with Gasteiger partial charge in [0.05, 0.1) is 27.4 Å². The molecule has 0 radical (unpaired) electrons. The number of benzene rings is 1. The molecule has 156 valence electrons. The van der Waals surface area contributed by atoms with Gasteiger partial charge in [-0.3, -0.25) is 9.88 Å². The second kappa shape index (κ2) is 10.9. The predicted octanol–water partition coefficient (Wildman–Crippen LogP) is 2.63.